The third kappa shape index (κ3) is 4.11. The first kappa shape index (κ1) is 18.9. The van der Waals surface area contributed by atoms with Crippen LogP contribution in [0.2, 0.25) is 0 Å². The molecule has 0 atom stereocenters. The lowest BCUT2D eigenvalue weighted by atomic mass is 10.0. The largest absolute Gasteiger partial charge is 0.325 e. The molecule has 0 unspecified atom stereocenters. The van der Waals surface area contributed by atoms with Crippen LogP contribution in [0.1, 0.15) is 25.8 Å². The molecule has 0 aromatic heterocycles. The van der Waals surface area contributed by atoms with E-state index in [1.54, 1.807) is 41.3 Å². The molecule has 142 valence electrons. The highest BCUT2D eigenvalue weighted by Gasteiger charge is 2.23. The summed E-state index contributed by atoms with van der Waals surface area (Å²) in [6.45, 7) is 3.49. The number of carbonyl (C=O) groups is 2. The average Bonchev–Trinajstić information content (AvgIpc) is 2.61. The minimum Gasteiger partial charge on any atom is -0.325 e. The standard InChI is InChI=1S/C19H21N3O4S/c1-13(23)20-17-7-3-4-8-18(17)21-27(25,26)16-9-10-19-15(12-16)6-5-11-22(19)14(2)24/h3-4,7-10,12,21H,5-6,11H2,1-2H3,(H,20,23). The maximum Gasteiger partial charge on any atom is 0.261 e. The first-order chi connectivity index (χ1) is 12.8. The Balaban J connectivity index is 1.93. The second-order valence-corrected chi connectivity index (χ2v) is 8.08. The van der Waals surface area contributed by atoms with Crippen molar-refractivity contribution in [1.29, 1.82) is 0 Å². The van der Waals surface area contributed by atoms with Crippen LogP contribution in [-0.4, -0.2) is 26.8 Å². The molecule has 1 aliphatic heterocycles. The maximum absolute atomic E-state index is 12.8. The van der Waals surface area contributed by atoms with Crippen molar-refractivity contribution < 1.29 is 18.0 Å². The lowest BCUT2D eigenvalue weighted by Crippen LogP contribution is -2.33. The topological polar surface area (TPSA) is 95.6 Å². The predicted octanol–water partition coefficient (Wildman–Crippen LogP) is 2.74. The van der Waals surface area contributed by atoms with Crippen molar-refractivity contribution in [1.82, 2.24) is 0 Å². The number of anilines is 3. The Morgan fingerprint density at radius 3 is 2.41 bits per heavy atom. The van der Waals surface area contributed by atoms with Gasteiger partial charge >= 0.3 is 0 Å². The van der Waals surface area contributed by atoms with Gasteiger partial charge in [0.15, 0.2) is 0 Å². The molecule has 2 N–H and O–H groups in total. The molecule has 1 heterocycles. The van der Waals surface area contributed by atoms with Crippen molar-refractivity contribution in [3.05, 3.63) is 48.0 Å². The van der Waals surface area contributed by atoms with Crippen LogP contribution in [0.25, 0.3) is 0 Å². The first-order valence-electron chi connectivity index (χ1n) is 8.58. The van der Waals surface area contributed by atoms with E-state index in [1.807, 2.05) is 0 Å². The lowest BCUT2D eigenvalue weighted by Gasteiger charge is -2.28. The van der Waals surface area contributed by atoms with Crippen LogP contribution in [0.5, 0.6) is 0 Å². The highest BCUT2D eigenvalue weighted by atomic mass is 32.2. The van der Waals surface area contributed by atoms with Gasteiger partial charge < -0.3 is 10.2 Å². The van der Waals surface area contributed by atoms with E-state index in [9.17, 15) is 18.0 Å². The van der Waals surface area contributed by atoms with Crippen molar-refractivity contribution >= 4 is 38.9 Å². The number of amides is 2. The quantitative estimate of drug-likeness (QED) is 0.843. The summed E-state index contributed by atoms with van der Waals surface area (Å²) >= 11 is 0. The molecular weight excluding hydrogens is 366 g/mol. The summed E-state index contributed by atoms with van der Waals surface area (Å²) in [4.78, 5) is 24.9. The highest BCUT2D eigenvalue weighted by molar-refractivity contribution is 7.92. The number of sulfonamides is 1. The van der Waals surface area contributed by atoms with Crippen LogP contribution < -0.4 is 14.9 Å². The van der Waals surface area contributed by atoms with Crippen molar-refractivity contribution in [2.75, 3.05) is 21.5 Å². The molecule has 8 heteroatoms. The number of benzene rings is 2. The number of carbonyl (C=O) groups excluding carboxylic acids is 2. The Bertz CT molecular complexity index is 1000. The van der Waals surface area contributed by atoms with Gasteiger partial charge in [0, 0.05) is 26.1 Å². The minimum atomic E-state index is -3.85. The number of nitrogens with one attached hydrogen (secondary N) is 2. The summed E-state index contributed by atoms with van der Waals surface area (Å²) in [7, 11) is -3.85. The number of para-hydroxylation sites is 2. The van der Waals surface area contributed by atoms with Crippen molar-refractivity contribution in [2.24, 2.45) is 0 Å². The molecule has 2 aromatic rings. The van der Waals surface area contributed by atoms with Crippen LogP contribution in [0.15, 0.2) is 47.4 Å². The van der Waals surface area contributed by atoms with E-state index in [2.05, 4.69) is 10.0 Å². The third-order valence-corrected chi connectivity index (χ3v) is 5.71. The number of fused-ring (bicyclic) bond motifs is 1. The molecule has 1 aliphatic rings. The monoisotopic (exact) mass is 387 g/mol. The summed E-state index contributed by atoms with van der Waals surface area (Å²) in [5, 5.41) is 2.61. The zero-order valence-corrected chi connectivity index (χ0v) is 16.0. The molecule has 7 nitrogen and oxygen atoms in total. The molecule has 3 rings (SSSR count). The SMILES string of the molecule is CC(=O)Nc1ccccc1NS(=O)(=O)c1ccc2c(c1)CCCN2C(C)=O. The molecule has 0 saturated heterocycles. The van der Waals surface area contributed by atoms with E-state index in [1.165, 1.54) is 19.9 Å². The summed E-state index contributed by atoms with van der Waals surface area (Å²) in [6, 6.07) is 11.4. The Morgan fingerprint density at radius 2 is 1.74 bits per heavy atom. The van der Waals surface area contributed by atoms with E-state index in [0.29, 0.717) is 18.7 Å². The number of aryl methyl sites for hydroxylation is 1. The molecule has 27 heavy (non-hydrogen) atoms. The number of rotatable bonds is 4. The van der Waals surface area contributed by atoms with Crippen molar-refractivity contribution in [3.8, 4) is 0 Å². The zero-order chi connectivity index (χ0) is 19.6. The zero-order valence-electron chi connectivity index (χ0n) is 15.2. The Kier molecular flexibility index (Phi) is 5.18. The summed E-state index contributed by atoms with van der Waals surface area (Å²) in [5.41, 5.74) is 2.26. The van der Waals surface area contributed by atoms with Gasteiger partial charge in [0.05, 0.1) is 16.3 Å². The Labute approximate surface area is 158 Å². The Morgan fingerprint density at radius 1 is 1.04 bits per heavy atom. The molecular formula is C19H21N3O4S. The maximum atomic E-state index is 12.8. The highest BCUT2D eigenvalue weighted by Crippen LogP contribution is 2.31. The molecule has 0 aliphatic carbocycles. The fourth-order valence-electron chi connectivity index (χ4n) is 3.14. The van der Waals surface area contributed by atoms with Gasteiger partial charge in [-0.1, -0.05) is 12.1 Å². The number of hydrogen-bond acceptors (Lipinski definition) is 4. The summed E-state index contributed by atoms with van der Waals surface area (Å²) in [5.74, 6) is -0.353. The van der Waals surface area contributed by atoms with Crippen molar-refractivity contribution in [3.63, 3.8) is 0 Å². The van der Waals surface area contributed by atoms with Gasteiger partial charge in [-0.2, -0.15) is 0 Å². The molecule has 0 radical (unpaired) electrons. The van der Waals surface area contributed by atoms with Gasteiger partial charge in [0.25, 0.3) is 10.0 Å². The average molecular weight is 387 g/mol. The summed E-state index contributed by atoms with van der Waals surface area (Å²) in [6.07, 6.45) is 1.50. The minimum absolute atomic E-state index is 0.0612. The van der Waals surface area contributed by atoms with E-state index in [4.69, 9.17) is 0 Å². The first-order valence-corrected chi connectivity index (χ1v) is 10.1. The smallest absolute Gasteiger partial charge is 0.261 e. The van der Waals surface area contributed by atoms with E-state index >= 15 is 0 Å². The van der Waals surface area contributed by atoms with E-state index < -0.39 is 10.0 Å². The van der Waals surface area contributed by atoms with Crippen LogP contribution in [0.3, 0.4) is 0 Å². The molecule has 0 bridgehead atoms. The second-order valence-electron chi connectivity index (χ2n) is 6.40. The third-order valence-electron chi connectivity index (χ3n) is 4.34. The van der Waals surface area contributed by atoms with Crippen LogP contribution in [0, 0.1) is 0 Å². The van der Waals surface area contributed by atoms with Gasteiger partial charge in [-0.25, -0.2) is 8.42 Å². The van der Waals surface area contributed by atoms with Gasteiger partial charge in [-0.3, -0.25) is 14.3 Å². The fourth-order valence-corrected chi connectivity index (χ4v) is 4.27. The summed E-state index contributed by atoms with van der Waals surface area (Å²) < 4.78 is 28.2. The number of nitrogens with zero attached hydrogens (tertiary/aromatic N) is 1. The van der Waals surface area contributed by atoms with Crippen LogP contribution in [0.4, 0.5) is 17.1 Å². The molecule has 0 saturated carbocycles. The van der Waals surface area contributed by atoms with Crippen LogP contribution >= 0.6 is 0 Å². The van der Waals surface area contributed by atoms with Gasteiger partial charge in [0.1, 0.15) is 0 Å². The van der Waals surface area contributed by atoms with Gasteiger partial charge in [-0.05, 0) is 48.7 Å². The van der Waals surface area contributed by atoms with Crippen molar-refractivity contribution in [2.45, 2.75) is 31.6 Å². The fraction of sp³-hybridized carbons (Fsp3) is 0.263. The van der Waals surface area contributed by atoms with Crippen LogP contribution in [-0.2, 0) is 26.0 Å². The van der Waals surface area contributed by atoms with Gasteiger partial charge in [-0.15, -0.1) is 0 Å². The lowest BCUT2D eigenvalue weighted by molar-refractivity contribution is -0.116. The normalized spacial score (nSPS) is 13.6. The molecule has 0 fully saturated rings. The molecule has 0 spiro atoms. The molecule has 2 amide bonds. The van der Waals surface area contributed by atoms with Gasteiger partial charge in [0.2, 0.25) is 11.8 Å². The molecule has 2 aromatic carbocycles. The van der Waals surface area contributed by atoms with E-state index in [0.717, 1.165) is 17.7 Å². The van der Waals surface area contributed by atoms with E-state index in [-0.39, 0.29) is 22.4 Å². The number of hydrogen-bond donors (Lipinski definition) is 2. The predicted molar refractivity (Wildman–Crippen MR) is 104 cm³/mol. The second kappa shape index (κ2) is 7.40. The Hall–Kier alpha value is -2.87.